The molecule has 2 rings (SSSR count). The Bertz CT molecular complexity index is 292. The first kappa shape index (κ1) is 12.9. The van der Waals surface area contributed by atoms with Gasteiger partial charge >= 0.3 is 0 Å². The molecule has 3 nitrogen and oxygen atoms in total. The molecule has 2 atom stereocenters. The summed E-state index contributed by atoms with van der Waals surface area (Å²) in [5, 5.41) is 12.8. The lowest BCUT2D eigenvalue weighted by Crippen LogP contribution is -2.44. The van der Waals surface area contributed by atoms with Gasteiger partial charge in [-0.25, -0.2) is 0 Å². The molecule has 96 valence electrons. The Hall–Kier alpha value is -0.590. The fourth-order valence-electron chi connectivity index (χ4n) is 2.67. The number of rotatable bonds is 6. The molecule has 0 aromatic carbocycles. The standard InChI is InChI=1S/C14H25N3/c1-3-12-6-8-17(10-12)9-7-14(2,11-15)16-13-4-5-13/h12-13,16H,3-10H2,1-2H3. The van der Waals surface area contributed by atoms with E-state index in [1.165, 1.54) is 38.8 Å². The third-order valence-electron chi connectivity index (χ3n) is 4.22. The summed E-state index contributed by atoms with van der Waals surface area (Å²) in [6.07, 6.45) is 6.09. The summed E-state index contributed by atoms with van der Waals surface area (Å²) in [7, 11) is 0. The van der Waals surface area contributed by atoms with Crippen LogP contribution in [0.4, 0.5) is 0 Å². The minimum absolute atomic E-state index is 0.314. The van der Waals surface area contributed by atoms with Crippen molar-refractivity contribution >= 4 is 0 Å². The molecule has 0 spiro atoms. The van der Waals surface area contributed by atoms with Crippen LogP contribution in [0.2, 0.25) is 0 Å². The molecule has 0 aromatic rings. The molecule has 0 bridgehead atoms. The molecule has 0 radical (unpaired) electrons. The first-order chi connectivity index (χ1) is 8.15. The average Bonchev–Trinajstić information content (AvgIpc) is 3.02. The molecule has 1 saturated carbocycles. The van der Waals surface area contributed by atoms with E-state index in [1.807, 2.05) is 0 Å². The zero-order chi connectivity index (χ0) is 12.3. The number of nitriles is 1. The van der Waals surface area contributed by atoms with Gasteiger partial charge in [-0.3, -0.25) is 5.32 Å². The summed E-state index contributed by atoms with van der Waals surface area (Å²) in [5.74, 6) is 0.889. The summed E-state index contributed by atoms with van der Waals surface area (Å²) in [6, 6.07) is 3.07. The van der Waals surface area contributed by atoms with Crippen LogP contribution in [0.3, 0.4) is 0 Å². The SMILES string of the molecule is CCC1CCN(CCC(C)(C#N)NC2CC2)C1. The van der Waals surface area contributed by atoms with E-state index in [9.17, 15) is 5.26 Å². The minimum Gasteiger partial charge on any atom is -0.303 e. The van der Waals surface area contributed by atoms with Gasteiger partial charge in [0.1, 0.15) is 5.54 Å². The van der Waals surface area contributed by atoms with Gasteiger partial charge in [0.2, 0.25) is 0 Å². The summed E-state index contributed by atoms with van der Waals surface area (Å²) in [4.78, 5) is 2.53. The first-order valence-corrected chi connectivity index (χ1v) is 7.06. The largest absolute Gasteiger partial charge is 0.303 e. The van der Waals surface area contributed by atoms with Crippen LogP contribution in [0.25, 0.3) is 0 Å². The maximum atomic E-state index is 9.30. The second-order valence-corrected chi connectivity index (χ2v) is 5.98. The van der Waals surface area contributed by atoms with Gasteiger partial charge in [0, 0.05) is 19.1 Å². The van der Waals surface area contributed by atoms with Crippen molar-refractivity contribution in [1.82, 2.24) is 10.2 Å². The number of likely N-dealkylation sites (tertiary alicyclic amines) is 1. The molecule has 1 aliphatic carbocycles. The highest BCUT2D eigenvalue weighted by Gasteiger charge is 2.33. The number of hydrogen-bond acceptors (Lipinski definition) is 3. The maximum absolute atomic E-state index is 9.30. The van der Waals surface area contributed by atoms with Crippen molar-refractivity contribution in [1.29, 1.82) is 5.26 Å². The van der Waals surface area contributed by atoms with Crippen LogP contribution in [0.15, 0.2) is 0 Å². The van der Waals surface area contributed by atoms with Gasteiger partial charge in [0.15, 0.2) is 0 Å². The number of hydrogen-bond donors (Lipinski definition) is 1. The van der Waals surface area contributed by atoms with Crippen LogP contribution in [-0.2, 0) is 0 Å². The quantitative estimate of drug-likeness (QED) is 0.766. The van der Waals surface area contributed by atoms with E-state index in [4.69, 9.17) is 0 Å². The van der Waals surface area contributed by atoms with Crippen LogP contribution in [0, 0.1) is 17.2 Å². The van der Waals surface area contributed by atoms with Crippen LogP contribution >= 0.6 is 0 Å². The Morgan fingerprint density at radius 2 is 2.18 bits per heavy atom. The van der Waals surface area contributed by atoms with Gasteiger partial charge in [-0.05, 0) is 45.1 Å². The van der Waals surface area contributed by atoms with E-state index in [0.717, 1.165) is 18.9 Å². The van der Waals surface area contributed by atoms with E-state index in [0.29, 0.717) is 6.04 Å². The molecule has 17 heavy (non-hydrogen) atoms. The lowest BCUT2D eigenvalue weighted by Gasteiger charge is -2.26. The molecule has 0 amide bonds. The third-order valence-corrected chi connectivity index (χ3v) is 4.22. The molecular formula is C14H25N3. The zero-order valence-electron chi connectivity index (χ0n) is 11.2. The summed E-state index contributed by atoms with van der Waals surface area (Å²) >= 11 is 0. The predicted molar refractivity (Wildman–Crippen MR) is 69.6 cm³/mol. The van der Waals surface area contributed by atoms with Crippen LogP contribution in [0.5, 0.6) is 0 Å². The van der Waals surface area contributed by atoms with Crippen LogP contribution < -0.4 is 5.32 Å². The smallest absolute Gasteiger partial charge is 0.105 e. The molecule has 1 saturated heterocycles. The second-order valence-electron chi connectivity index (χ2n) is 5.98. The van der Waals surface area contributed by atoms with E-state index in [1.54, 1.807) is 0 Å². The number of nitrogens with one attached hydrogen (secondary N) is 1. The lowest BCUT2D eigenvalue weighted by atomic mass is 9.99. The van der Waals surface area contributed by atoms with E-state index in [-0.39, 0.29) is 5.54 Å². The van der Waals surface area contributed by atoms with Crippen molar-refractivity contribution in [2.75, 3.05) is 19.6 Å². The van der Waals surface area contributed by atoms with Gasteiger partial charge in [-0.1, -0.05) is 13.3 Å². The molecule has 1 aliphatic heterocycles. The molecule has 1 N–H and O–H groups in total. The van der Waals surface area contributed by atoms with Crippen molar-refractivity contribution in [2.45, 2.75) is 57.5 Å². The zero-order valence-corrected chi connectivity index (χ0v) is 11.2. The topological polar surface area (TPSA) is 39.1 Å². The highest BCUT2D eigenvalue weighted by Crippen LogP contribution is 2.25. The van der Waals surface area contributed by atoms with Gasteiger partial charge < -0.3 is 4.90 Å². The molecule has 0 aromatic heterocycles. The number of nitrogens with zero attached hydrogens (tertiary/aromatic N) is 2. The Kier molecular flexibility index (Phi) is 4.06. The van der Waals surface area contributed by atoms with Gasteiger partial charge in [-0.2, -0.15) is 5.26 Å². The summed E-state index contributed by atoms with van der Waals surface area (Å²) < 4.78 is 0. The first-order valence-electron chi connectivity index (χ1n) is 7.06. The minimum atomic E-state index is -0.314. The van der Waals surface area contributed by atoms with Gasteiger partial charge in [0.25, 0.3) is 0 Å². The Morgan fingerprint density at radius 3 is 2.71 bits per heavy atom. The average molecular weight is 235 g/mol. The van der Waals surface area contributed by atoms with Gasteiger partial charge in [0.05, 0.1) is 6.07 Å². The molecule has 3 heteroatoms. The highest BCUT2D eigenvalue weighted by molar-refractivity contribution is 5.07. The Balaban J connectivity index is 1.74. The van der Waals surface area contributed by atoms with Crippen molar-refractivity contribution < 1.29 is 0 Å². The fourth-order valence-corrected chi connectivity index (χ4v) is 2.67. The van der Waals surface area contributed by atoms with E-state index in [2.05, 4.69) is 30.1 Å². The van der Waals surface area contributed by atoms with Crippen molar-refractivity contribution in [3.63, 3.8) is 0 Å². The Labute approximate surface area is 105 Å². The fraction of sp³-hybridized carbons (Fsp3) is 0.929. The predicted octanol–water partition coefficient (Wildman–Crippen LogP) is 2.14. The Morgan fingerprint density at radius 1 is 1.41 bits per heavy atom. The third kappa shape index (κ3) is 3.69. The molecule has 2 aliphatic rings. The van der Waals surface area contributed by atoms with Gasteiger partial charge in [-0.15, -0.1) is 0 Å². The molecule has 2 unspecified atom stereocenters. The second kappa shape index (κ2) is 5.37. The highest BCUT2D eigenvalue weighted by atomic mass is 15.2. The lowest BCUT2D eigenvalue weighted by molar-refractivity contribution is 0.279. The van der Waals surface area contributed by atoms with Crippen molar-refractivity contribution in [3.8, 4) is 6.07 Å². The van der Waals surface area contributed by atoms with Crippen LogP contribution in [0.1, 0.15) is 46.0 Å². The van der Waals surface area contributed by atoms with Crippen LogP contribution in [-0.4, -0.2) is 36.1 Å². The molecule has 2 fully saturated rings. The van der Waals surface area contributed by atoms with E-state index >= 15 is 0 Å². The van der Waals surface area contributed by atoms with E-state index < -0.39 is 0 Å². The summed E-state index contributed by atoms with van der Waals surface area (Å²) in [5.41, 5.74) is -0.314. The normalized spacial score (nSPS) is 28.9. The summed E-state index contributed by atoms with van der Waals surface area (Å²) in [6.45, 7) is 7.87. The van der Waals surface area contributed by atoms with Crippen molar-refractivity contribution in [3.05, 3.63) is 0 Å². The monoisotopic (exact) mass is 235 g/mol. The maximum Gasteiger partial charge on any atom is 0.105 e. The molecule has 1 heterocycles. The van der Waals surface area contributed by atoms with Crippen molar-refractivity contribution in [2.24, 2.45) is 5.92 Å². The molecular weight excluding hydrogens is 210 g/mol.